The maximum Gasteiger partial charge on any atom is 0.233 e. The van der Waals surface area contributed by atoms with Gasteiger partial charge in [-0.1, -0.05) is 45.0 Å². The first-order chi connectivity index (χ1) is 14.3. The molecule has 2 bridgehead atoms. The first kappa shape index (κ1) is 19.0. The molecule has 1 N–H and O–H groups in total. The van der Waals surface area contributed by atoms with Crippen molar-refractivity contribution in [1.29, 1.82) is 0 Å². The highest BCUT2D eigenvalue weighted by Gasteiger charge is 2.73. The van der Waals surface area contributed by atoms with Crippen LogP contribution >= 0.6 is 0 Å². The van der Waals surface area contributed by atoms with Gasteiger partial charge in [0, 0.05) is 12.0 Å². The molecule has 1 saturated carbocycles. The molecule has 0 aliphatic heterocycles. The van der Waals surface area contributed by atoms with E-state index in [1.165, 1.54) is 0 Å². The number of carbonyl (C=O) groups is 1. The Morgan fingerprint density at radius 2 is 1.60 bits per heavy atom. The van der Waals surface area contributed by atoms with E-state index in [9.17, 15) is 4.79 Å². The van der Waals surface area contributed by atoms with Crippen molar-refractivity contribution in [3.8, 4) is 5.75 Å². The summed E-state index contributed by atoms with van der Waals surface area (Å²) in [5, 5.41) is 3.21. The Bertz CT molecular complexity index is 1150. The predicted octanol–water partition coefficient (Wildman–Crippen LogP) is 4.28. The fraction of sp³-hybridized carbons (Fsp3) is 0.400. The average molecular weight is 402 g/mol. The fourth-order valence-electron chi connectivity index (χ4n) is 5.63. The van der Waals surface area contributed by atoms with Crippen molar-refractivity contribution in [2.75, 3.05) is 7.11 Å². The molecule has 2 aromatic carbocycles. The monoisotopic (exact) mass is 401 g/mol. The second-order valence-electron chi connectivity index (χ2n) is 9.30. The summed E-state index contributed by atoms with van der Waals surface area (Å²) in [6.45, 7) is 7.15. The van der Waals surface area contributed by atoms with E-state index in [0.717, 1.165) is 46.6 Å². The van der Waals surface area contributed by atoms with Gasteiger partial charge in [0.15, 0.2) is 0 Å². The maximum atomic E-state index is 13.8. The van der Waals surface area contributed by atoms with E-state index in [-0.39, 0.29) is 16.7 Å². The number of fused-ring (bicyclic) bond motifs is 6. The normalized spacial score (nSPS) is 25.9. The van der Waals surface area contributed by atoms with E-state index >= 15 is 0 Å². The number of methoxy groups -OCH3 is 1. The number of benzene rings is 2. The van der Waals surface area contributed by atoms with E-state index in [1.54, 1.807) is 7.11 Å². The van der Waals surface area contributed by atoms with Crippen LogP contribution in [0.4, 0.5) is 0 Å². The second kappa shape index (κ2) is 6.27. The van der Waals surface area contributed by atoms with E-state index < -0.39 is 5.41 Å². The number of amides is 1. The van der Waals surface area contributed by atoms with E-state index in [2.05, 4.69) is 26.1 Å². The van der Waals surface area contributed by atoms with Crippen molar-refractivity contribution >= 4 is 16.9 Å². The summed E-state index contributed by atoms with van der Waals surface area (Å²) in [7, 11) is 1.65. The van der Waals surface area contributed by atoms with Gasteiger partial charge in [-0.2, -0.15) is 0 Å². The van der Waals surface area contributed by atoms with Crippen molar-refractivity contribution in [3.05, 3.63) is 65.5 Å². The molecule has 1 heterocycles. The predicted molar refractivity (Wildman–Crippen MR) is 116 cm³/mol. The molecular formula is C25H27N3O2. The number of hydrogen-bond acceptors (Lipinski definition) is 4. The number of para-hydroxylation sites is 2. The molecule has 2 aliphatic carbocycles. The van der Waals surface area contributed by atoms with Gasteiger partial charge in [0.1, 0.15) is 5.75 Å². The second-order valence-corrected chi connectivity index (χ2v) is 9.30. The van der Waals surface area contributed by atoms with Gasteiger partial charge in [-0.05, 0) is 48.1 Å². The summed E-state index contributed by atoms with van der Waals surface area (Å²) in [5.41, 5.74) is 3.55. The van der Waals surface area contributed by atoms with Gasteiger partial charge in [0.25, 0.3) is 0 Å². The van der Waals surface area contributed by atoms with Gasteiger partial charge in [-0.25, -0.2) is 9.97 Å². The molecule has 1 fully saturated rings. The lowest BCUT2D eigenvalue weighted by Gasteiger charge is -2.39. The molecule has 0 saturated heterocycles. The molecule has 5 nitrogen and oxygen atoms in total. The molecule has 2 aliphatic rings. The minimum atomic E-state index is -0.666. The average Bonchev–Trinajstić information content (AvgIpc) is 3.06. The molecule has 1 aromatic heterocycles. The Balaban J connectivity index is 1.55. The Labute approximate surface area is 176 Å². The van der Waals surface area contributed by atoms with Crippen molar-refractivity contribution in [1.82, 2.24) is 15.3 Å². The summed E-state index contributed by atoms with van der Waals surface area (Å²) in [4.78, 5) is 23.8. The Morgan fingerprint density at radius 1 is 0.967 bits per heavy atom. The molecule has 1 amide bonds. The highest BCUT2D eigenvalue weighted by atomic mass is 16.5. The van der Waals surface area contributed by atoms with Crippen LogP contribution in [0.3, 0.4) is 0 Å². The number of nitrogens with one attached hydrogen (secondary N) is 1. The van der Waals surface area contributed by atoms with Crippen molar-refractivity contribution in [2.24, 2.45) is 5.41 Å². The van der Waals surface area contributed by atoms with E-state index in [0.29, 0.717) is 6.54 Å². The van der Waals surface area contributed by atoms with E-state index in [4.69, 9.17) is 14.7 Å². The summed E-state index contributed by atoms with van der Waals surface area (Å²) in [6.07, 6.45) is 1.74. The van der Waals surface area contributed by atoms with Crippen LogP contribution in [0.25, 0.3) is 11.0 Å². The third-order valence-electron chi connectivity index (χ3n) is 7.94. The Morgan fingerprint density at radius 3 is 2.23 bits per heavy atom. The standard InChI is InChI=1S/C25H27N3O2/c1-23(2)24(3)13-14-25(23,21-20(24)27-18-7-5-6-8-19(18)28-21)22(29)26-15-16-9-11-17(30-4)12-10-16/h5-12H,13-15H2,1-4H3,(H,26,29). The lowest BCUT2D eigenvalue weighted by atomic mass is 9.63. The number of carbonyl (C=O) groups excluding carboxylic acids is 1. The van der Waals surface area contributed by atoms with Gasteiger partial charge in [0.2, 0.25) is 5.91 Å². The zero-order valence-electron chi connectivity index (χ0n) is 18.0. The topological polar surface area (TPSA) is 64.1 Å². The van der Waals surface area contributed by atoms with Crippen LogP contribution in [0, 0.1) is 5.41 Å². The van der Waals surface area contributed by atoms with E-state index in [1.807, 2.05) is 48.5 Å². The molecule has 5 rings (SSSR count). The number of ether oxygens (including phenoxy) is 1. The largest absolute Gasteiger partial charge is 0.497 e. The van der Waals surface area contributed by atoms with Gasteiger partial charge < -0.3 is 10.1 Å². The maximum absolute atomic E-state index is 13.8. The lowest BCUT2D eigenvalue weighted by molar-refractivity contribution is -0.130. The van der Waals surface area contributed by atoms with Crippen LogP contribution < -0.4 is 10.1 Å². The highest BCUT2D eigenvalue weighted by molar-refractivity contribution is 5.92. The zero-order valence-corrected chi connectivity index (χ0v) is 18.0. The number of nitrogens with zero attached hydrogens (tertiary/aromatic N) is 2. The summed E-state index contributed by atoms with van der Waals surface area (Å²) < 4.78 is 5.23. The zero-order chi connectivity index (χ0) is 21.1. The summed E-state index contributed by atoms with van der Waals surface area (Å²) in [6, 6.07) is 15.7. The Kier molecular flexibility index (Phi) is 3.98. The quantitative estimate of drug-likeness (QED) is 0.709. The molecule has 2 unspecified atom stereocenters. The van der Waals surface area contributed by atoms with Crippen LogP contribution in [-0.2, 0) is 22.2 Å². The molecule has 154 valence electrons. The first-order valence-corrected chi connectivity index (χ1v) is 10.5. The molecule has 0 spiro atoms. The summed E-state index contributed by atoms with van der Waals surface area (Å²) in [5.74, 6) is 0.860. The summed E-state index contributed by atoms with van der Waals surface area (Å²) >= 11 is 0. The minimum Gasteiger partial charge on any atom is -0.497 e. The van der Waals surface area contributed by atoms with Gasteiger partial charge in [0.05, 0.1) is 34.9 Å². The third-order valence-corrected chi connectivity index (χ3v) is 7.94. The smallest absolute Gasteiger partial charge is 0.233 e. The SMILES string of the molecule is COc1ccc(CNC(=O)C23CCC(C)(c4nc5ccccc5nc42)C3(C)C)cc1. The van der Waals surface area contributed by atoms with Gasteiger partial charge in [-0.3, -0.25) is 4.79 Å². The van der Waals surface area contributed by atoms with Crippen LogP contribution in [-0.4, -0.2) is 23.0 Å². The lowest BCUT2D eigenvalue weighted by Crippen LogP contribution is -2.51. The number of hydrogen-bond donors (Lipinski definition) is 1. The van der Waals surface area contributed by atoms with Crippen molar-refractivity contribution < 1.29 is 9.53 Å². The molecule has 2 atom stereocenters. The number of rotatable bonds is 4. The first-order valence-electron chi connectivity index (χ1n) is 10.5. The fourth-order valence-corrected chi connectivity index (χ4v) is 5.63. The van der Waals surface area contributed by atoms with Crippen molar-refractivity contribution in [2.45, 2.75) is 51.0 Å². The minimum absolute atomic E-state index is 0.0513. The van der Waals surface area contributed by atoms with Crippen LogP contribution in [0.2, 0.25) is 0 Å². The van der Waals surface area contributed by atoms with Gasteiger partial charge in [-0.15, -0.1) is 0 Å². The van der Waals surface area contributed by atoms with Crippen LogP contribution in [0.15, 0.2) is 48.5 Å². The molecule has 5 heteroatoms. The molecule has 0 radical (unpaired) electrons. The molecular weight excluding hydrogens is 374 g/mol. The van der Waals surface area contributed by atoms with Gasteiger partial charge >= 0.3 is 0 Å². The number of aromatic nitrogens is 2. The highest BCUT2D eigenvalue weighted by Crippen LogP contribution is 2.70. The Hall–Kier alpha value is -2.95. The van der Waals surface area contributed by atoms with Crippen molar-refractivity contribution in [3.63, 3.8) is 0 Å². The van der Waals surface area contributed by atoms with Crippen LogP contribution in [0.1, 0.15) is 50.6 Å². The molecule has 3 aromatic rings. The third kappa shape index (κ3) is 2.26. The van der Waals surface area contributed by atoms with Crippen LogP contribution in [0.5, 0.6) is 5.75 Å². The molecule has 30 heavy (non-hydrogen) atoms.